The summed E-state index contributed by atoms with van der Waals surface area (Å²) in [6, 6.07) is 15.2. The predicted molar refractivity (Wildman–Crippen MR) is 96.5 cm³/mol. The van der Waals surface area contributed by atoms with Gasteiger partial charge in [0, 0.05) is 6.92 Å². The number of carbonyl (C=O) groups excluding carboxylic acids is 1. The van der Waals surface area contributed by atoms with E-state index in [9.17, 15) is 4.79 Å². The van der Waals surface area contributed by atoms with Crippen molar-refractivity contribution < 1.29 is 9.53 Å². The van der Waals surface area contributed by atoms with Gasteiger partial charge in [0.25, 0.3) is 0 Å². The summed E-state index contributed by atoms with van der Waals surface area (Å²) >= 11 is 0. The normalized spacial score (nSPS) is 11.0. The standard InChI is InChI=1S/C19H18N4O2/c1-13-19(22-18-9-4-3-8-17(18)21-13)12-25-16-7-5-6-15(10-16)11-20-23-14(2)24/h3-11H,12H2,1-2H3,(H,23,24). The van der Waals surface area contributed by atoms with E-state index in [1.165, 1.54) is 6.92 Å². The quantitative estimate of drug-likeness (QED) is 0.575. The van der Waals surface area contributed by atoms with Crippen molar-refractivity contribution in [3.05, 3.63) is 65.5 Å². The van der Waals surface area contributed by atoms with Crippen molar-refractivity contribution >= 4 is 23.2 Å². The molecule has 1 N–H and O–H groups in total. The molecule has 0 bridgehead atoms. The number of ether oxygens (including phenoxy) is 1. The molecule has 0 saturated carbocycles. The first-order chi connectivity index (χ1) is 12.1. The highest BCUT2D eigenvalue weighted by Gasteiger charge is 2.06. The fourth-order valence-electron chi connectivity index (χ4n) is 2.30. The SMILES string of the molecule is CC(=O)NN=Cc1cccc(OCc2nc3ccccc3nc2C)c1. The van der Waals surface area contributed by atoms with Gasteiger partial charge < -0.3 is 4.74 Å². The highest BCUT2D eigenvalue weighted by Crippen LogP contribution is 2.16. The van der Waals surface area contributed by atoms with Crippen LogP contribution in [0.3, 0.4) is 0 Å². The number of amides is 1. The third-order valence-corrected chi connectivity index (χ3v) is 3.51. The van der Waals surface area contributed by atoms with E-state index in [4.69, 9.17) is 4.74 Å². The van der Waals surface area contributed by atoms with Crippen molar-refractivity contribution in [2.45, 2.75) is 20.5 Å². The van der Waals surface area contributed by atoms with E-state index in [0.29, 0.717) is 12.4 Å². The van der Waals surface area contributed by atoms with E-state index in [1.54, 1.807) is 6.21 Å². The fourth-order valence-corrected chi connectivity index (χ4v) is 2.30. The molecule has 0 unspecified atom stereocenters. The topological polar surface area (TPSA) is 76.5 Å². The maximum atomic E-state index is 10.8. The van der Waals surface area contributed by atoms with Crippen LogP contribution in [0.2, 0.25) is 0 Å². The molecular weight excluding hydrogens is 316 g/mol. The second-order valence-electron chi connectivity index (χ2n) is 5.53. The van der Waals surface area contributed by atoms with Crippen LogP contribution < -0.4 is 10.2 Å². The lowest BCUT2D eigenvalue weighted by atomic mass is 10.2. The summed E-state index contributed by atoms with van der Waals surface area (Å²) in [6.45, 7) is 3.66. The average Bonchev–Trinajstić information content (AvgIpc) is 2.60. The Hall–Kier alpha value is -3.28. The van der Waals surface area contributed by atoms with Gasteiger partial charge in [-0.3, -0.25) is 4.79 Å². The van der Waals surface area contributed by atoms with Gasteiger partial charge in [0.15, 0.2) is 0 Å². The summed E-state index contributed by atoms with van der Waals surface area (Å²) in [7, 11) is 0. The zero-order chi connectivity index (χ0) is 17.6. The average molecular weight is 334 g/mol. The molecular formula is C19H18N4O2. The molecule has 0 atom stereocenters. The molecule has 0 radical (unpaired) electrons. The molecule has 0 saturated heterocycles. The van der Waals surface area contributed by atoms with E-state index < -0.39 is 0 Å². The van der Waals surface area contributed by atoms with E-state index in [-0.39, 0.29) is 5.91 Å². The zero-order valence-corrected chi connectivity index (χ0v) is 14.1. The number of hydrogen-bond acceptors (Lipinski definition) is 5. The van der Waals surface area contributed by atoms with Crippen LogP contribution in [0, 0.1) is 6.92 Å². The molecule has 25 heavy (non-hydrogen) atoms. The molecule has 0 spiro atoms. The van der Waals surface area contributed by atoms with Crippen LogP contribution in [0.1, 0.15) is 23.9 Å². The van der Waals surface area contributed by atoms with Gasteiger partial charge >= 0.3 is 0 Å². The van der Waals surface area contributed by atoms with Gasteiger partial charge in [-0.15, -0.1) is 0 Å². The second-order valence-corrected chi connectivity index (χ2v) is 5.53. The monoisotopic (exact) mass is 334 g/mol. The van der Waals surface area contributed by atoms with Crippen LogP contribution in [0.5, 0.6) is 5.75 Å². The molecule has 1 amide bonds. The number of hydrazone groups is 1. The van der Waals surface area contributed by atoms with Gasteiger partial charge in [-0.25, -0.2) is 15.4 Å². The van der Waals surface area contributed by atoms with Crippen LogP contribution in [0.4, 0.5) is 0 Å². The Morgan fingerprint density at radius 2 is 1.92 bits per heavy atom. The van der Waals surface area contributed by atoms with Crippen molar-refractivity contribution in [1.82, 2.24) is 15.4 Å². The molecule has 3 rings (SSSR count). The number of rotatable bonds is 5. The number of fused-ring (bicyclic) bond motifs is 1. The summed E-state index contributed by atoms with van der Waals surface area (Å²) in [4.78, 5) is 20.0. The van der Waals surface area contributed by atoms with Crippen LogP contribution in [-0.4, -0.2) is 22.1 Å². The number of carbonyl (C=O) groups is 1. The maximum Gasteiger partial charge on any atom is 0.236 e. The first-order valence-electron chi connectivity index (χ1n) is 7.86. The second kappa shape index (κ2) is 7.53. The lowest BCUT2D eigenvalue weighted by Gasteiger charge is -2.09. The Morgan fingerprint density at radius 3 is 2.68 bits per heavy atom. The number of aromatic nitrogens is 2. The molecule has 0 aliphatic heterocycles. The van der Waals surface area contributed by atoms with Crippen LogP contribution >= 0.6 is 0 Å². The number of benzene rings is 2. The van der Waals surface area contributed by atoms with Crippen molar-refractivity contribution in [1.29, 1.82) is 0 Å². The van der Waals surface area contributed by atoms with Gasteiger partial charge in [0.2, 0.25) is 5.91 Å². The van der Waals surface area contributed by atoms with E-state index in [1.807, 2.05) is 55.5 Å². The number of nitrogens with one attached hydrogen (secondary N) is 1. The summed E-state index contributed by atoms with van der Waals surface area (Å²) in [5.74, 6) is 0.482. The molecule has 1 heterocycles. The molecule has 1 aromatic heterocycles. The number of hydrogen-bond donors (Lipinski definition) is 1. The Balaban J connectivity index is 1.72. The third kappa shape index (κ3) is 4.38. The Morgan fingerprint density at radius 1 is 1.16 bits per heavy atom. The smallest absolute Gasteiger partial charge is 0.236 e. The highest BCUT2D eigenvalue weighted by atomic mass is 16.5. The molecule has 2 aromatic carbocycles. The van der Waals surface area contributed by atoms with Crippen molar-refractivity contribution in [3.63, 3.8) is 0 Å². The van der Waals surface area contributed by atoms with Crippen LogP contribution in [-0.2, 0) is 11.4 Å². The minimum Gasteiger partial charge on any atom is -0.487 e. The minimum absolute atomic E-state index is 0.214. The summed E-state index contributed by atoms with van der Waals surface area (Å²) in [5, 5.41) is 3.85. The Bertz CT molecular complexity index is 938. The third-order valence-electron chi connectivity index (χ3n) is 3.51. The summed E-state index contributed by atoms with van der Waals surface area (Å²) in [6.07, 6.45) is 1.56. The molecule has 0 aliphatic carbocycles. The molecule has 6 nitrogen and oxygen atoms in total. The Labute approximate surface area is 145 Å². The number of aryl methyl sites for hydroxylation is 1. The first-order valence-corrected chi connectivity index (χ1v) is 7.86. The molecule has 126 valence electrons. The maximum absolute atomic E-state index is 10.8. The number of para-hydroxylation sites is 2. The molecule has 6 heteroatoms. The van der Waals surface area contributed by atoms with Gasteiger partial charge in [-0.2, -0.15) is 5.10 Å². The van der Waals surface area contributed by atoms with E-state index in [0.717, 1.165) is 28.0 Å². The molecule has 0 aliphatic rings. The predicted octanol–water partition coefficient (Wildman–Crippen LogP) is 2.99. The van der Waals surface area contributed by atoms with Crippen LogP contribution in [0.25, 0.3) is 11.0 Å². The van der Waals surface area contributed by atoms with Crippen molar-refractivity contribution in [2.75, 3.05) is 0 Å². The van der Waals surface area contributed by atoms with Crippen molar-refractivity contribution in [2.24, 2.45) is 5.10 Å². The van der Waals surface area contributed by atoms with Gasteiger partial charge in [-0.1, -0.05) is 24.3 Å². The van der Waals surface area contributed by atoms with Gasteiger partial charge in [0.05, 0.1) is 28.6 Å². The highest BCUT2D eigenvalue weighted by molar-refractivity contribution is 5.82. The molecule has 3 aromatic rings. The Kier molecular flexibility index (Phi) is 4.99. The number of nitrogens with zero attached hydrogens (tertiary/aromatic N) is 3. The minimum atomic E-state index is -0.214. The largest absolute Gasteiger partial charge is 0.487 e. The summed E-state index contributed by atoms with van der Waals surface area (Å²) < 4.78 is 5.84. The van der Waals surface area contributed by atoms with Gasteiger partial charge in [-0.05, 0) is 36.8 Å². The van der Waals surface area contributed by atoms with Crippen molar-refractivity contribution in [3.8, 4) is 5.75 Å². The van der Waals surface area contributed by atoms with E-state index >= 15 is 0 Å². The lowest BCUT2D eigenvalue weighted by molar-refractivity contribution is -0.118. The van der Waals surface area contributed by atoms with Gasteiger partial charge in [0.1, 0.15) is 12.4 Å². The van der Waals surface area contributed by atoms with E-state index in [2.05, 4.69) is 20.5 Å². The summed E-state index contributed by atoms with van der Waals surface area (Å²) in [5.41, 5.74) is 6.57. The zero-order valence-electron chi connectivity index (χ0n) is 14.1. The fraction of sp³-hybridized carbons (Fsp3) is 0.158. The lowest BCUT2D eigenvalue weighted by Crippen LogP contribution is -2.12. The first kappa shape index (κ1) is 16.6. The molecule has 0 fully saturated rings. The van der Waals surface area contributed by atoms with Crippen LogP contribution in [0.15, 0.2) is 53.6 Å².